The van der Waals surface area contributed by atoms with E-state index >= 15 is 0 Å². The van der Waals surface area contributed by atoms with Crippen LogP contribution in [0, 0.1) is 0 Å². The summed E-state index contributed by atoms with van der Waals surface area (Å²) in [5.41, 5.74) is 1.38. The predicted molar refractivity (Wildman–Crippen MR) is 131 cm³/mol. The second-order valence-electron chi connectivity index (χ2n) is 9.46. The summed E-state index contributed by atoms with van der Waals surface area (Å²) in [5.74, 6) is 1.62. The fraction of sp³-hybridized carbons (Fsp3) is 0.478. The fourth-order valence-electron chi connectivity index (χ4n) is 4.26. The molecule has 0 bridgehead atoms. The van der Waals surface area contributed by atoms with Crippen LogP contribution < -0.4 is 15.0 Å². The average molecular weight is 500 g/mol. The van der Waals surface area contributed by atoms with Crippen molar-refractivity contribution in [3.63, 3.8) is 0 Å². The fourth-order valence-corrected chi connectivity index (χ4v) is 4.75. The van der Waals surface area contributed by atoms with Crippen LogP contribution in [-0.4, -0.2) is 71.5 Å². The van der Waals surface area contributed by atoms with Crippen LogP contribution in [0.3, 0.4) is 0 Å². The lowest BCUT2D eigenvalue weighted by atomic mass is 10.0. The molecule has 35 heavy (non-hydrogen) atoms. The first-order valence-electron chi connectivity index (χ1n) is 11.5. The van der Waals surface area contributed by atoms with Crippen molar-refractivity contribution in [2.75, 3.05) is 36.3 Å². The lowest BCUT2D eigenvalue weighted by Crippen LogP contribution is -2.56. The Morgan fingerprint density at radius 3 is 2.66 bits per heavy atom. The van der Waals surface area contributed by atoms with E-state index in [1.165, 1.54) is 6.26 Å². The number of morpholine rings is 1. The molecule has 2 aliphatic heterocycles. The van der Waals surface area contributed by atoms with Crippen LogP contribution in [0.1, 0.15) is 32.0 Å². The van der Waals surface area contributed by atoms with Crippen molar-refractivity contribution in [2.24, 2.45) is 0 Å². The van der Waals surface area contributed by atoms with E-state index in [-0.39, 0.29) is 18.0 Å². The van der Waals surface area contributed by atoms with E-state index < -0.39 is 14.6 Å². The molecule has 0 saturated carbocycles. The maximum Gasteiger partial charge on any atom is 0.230 e. The SMILES string of the molecule is C[C@@H]1COC[C@H]2COc3c(nc(Nc4cnn(Cc5ccccc5)n4)nc3C(C)(C)S(C)(=O)=O)N21. The lowest BCUT2D eigenvalue weighted by Gasteiger charge is -2.45. The van der Waals surface area contributed by atoms with Crippen molar-refractivity contribution in [2.45, 2.75) is 44.1 Å². The van der Waals surface area contributed by atoms with Gasteiger partial charge < -0.3 is 19.7 Å². The van der Waals surface area contributed by atoms with Crippen LogP contribution in [0.25, 0.3) is 0 Å². The van der Waals surface area contributed by atoms with Crippen molar-refractivity contribution in [3.05, 3.63) is 47.8 Å². The highest BCUT2D eigenvalue weighted by atomic mass is 32.2. The molecular weight excluding hydrogens is 470 g/mol. The summed E-state index contributed by atoms with van der Waals surface area (Å²) < 4.78 is 35.9. The van der Waals surface area contributed by atoms with Crippen LogP contribution in [0.15, 0.2) is 36.5 Å². The van der Waals surface area contributed by atoms with Gasteiger partial charge in [-0.1, -0.05) is 30.3 Å². The third kappa shape index (κ3) is 4.43. The zero-order valence-electron chi connectivity index (χ0n) is 20.2. The molecule has 186 valence electrons. The Bertz CT molecular complexity index is 1330. The average Bonchev–Trinajstić information content (AvgIpc) is 3.24. The van der Waals surface area contributed by atoms with Crippen LogP contribution in [-0.2, 0) is 25.9 Å². The molecule has 11 nitrogen and oxygen atoms in total. The summed E-state index contributed by atoms with van der Waals surface area (Å²) in [7, 11) is -3.53. The number of benzene rings is 1. The van der Waals surface area contributed by atoms with Gasteiger partial charge in [-0.3, -0.25) is 0 Å². The van der Waals surface area contributed by atoms with E-state index in [0.29, 0.717) is 49.4 Å². The van der Waals surface area contributed by atoms with E-state index in [9.17, 15) is 8.42 Å². The third-order valence-corrected chi connectivity index (χ3v) is 8.54. The number of anilines is 3. The normalized spacial score (nSPS) is 20.1. The molecule has 2 aromatic heterocycles. The number of hydrogen-bond donors (Lipinski definition) is 1. The summed E-state index contributed by atoms with van der Waals surface area (Å²) in [4.78, 5) is 13.1. The van der Waals surface area contributed by atoms with E-state index in [2.05, 4.69) is 25.4 Å². The Kier molecular flexibility index (Phi) is 5.88. The van der Waals surface area contributed by atoms with Gasteiger partial charge in [-0.15, -0.1) is 5.10 Å². The van der Waals surface area contributed by atoms with Crippen molar-refractivity contribution >= 4 is 27.4 Å². The van der Waals surface area contributed by atoms with Gasteiger partial charge >= 0.3 is 0 Å². The lowest BCUT2D eigenvalue weighted by molar-refractivity contribution is 0.0482. The first kappa shape index (κ1) is 23.5. The predicted octanol–water partition coefficient (Wildman–Crippen LogP) is 2.13. The molecular formula is C23H29N7O4S. The largest absolute Gasteiger partial charge is 0.486 e. The van der Waals surface area contributed by atoms with E-state index in [1.807, 2.05) is 37.3 Å². The van der Waals surface area contributed by atoms with E-state index in [1.54, 1.807) is 24.8 Å². The Balaban J connectivity index is 1.53. The minimum Gasteiger partial charge on any atom is -0.486 e. The van der Waals surface area contributed by atoms with Gasteiger partial charge in [0.05, 0.1) is 38.0 Å². The first-order chi connectivity index (χ1) is 16.6. The maximum absolute atomic E-state index is 12.7. The molecule has 1 saturated heterocycles. The molecule has 5 rings (SSSR count). The van der Waals surface area contributed by atoms with Gasteiger partial charge in [-0.05, 0) is 26.3 Å². The van der Waals surface area contributed by atoms with Gasteiger partial charge in [-0.2, -0.15) is 14.9 Å². The first-order valence-corrected chi connectivity index (χ1v) is 13.3. The molecule has 2 aliphatic rings. The second-order valence-corrected chi connectivity index (χ2v) is 12.0. The van der Waals surface area contributed by atoms with Gasteiger partial charge in [-0.25, -0.2) is 13.4 Å². The van der Waals surface area contributed by atoms with Gasteiger partial charge in [0.15, 0.2) is 27.2 Å². The van der Waals surface area contributed by atoms with Gasteiger partial charge in [0.1, 0.15) is 17.0 Å². The molecule has 0 spiro atoms. The minimum absolute atomic E-state index is 0.0186. The highest BCUT2D eigenvalue weighted by molar-refractivity contribution is 7.91. The van der Waals surface area contributed by atoms with Gasteiger partial charge in [0, 0.05) is 6.26 Å². The number of fused-ring (bicyclic) bond motifs is 3. The van der Waals surface area contributed by atoms with Gasteiger partial charge in [0.25, 0.3) is 0 Å². The Labute approximate surface area is 204 Å². The van der Waals surface area contributed by atoms with Crippen LogP contribution in [0.4, 0.5) is 17.6 Å². The second kappa shape index (κ2) is 8.76. The van der Waals surface area contributed by atoms with E-state index in [4.69, 9.17) is 14.5 Å². The summed E-state index contributed by atoms with van der Waals surface area (Å²) >= 11 is 0. The van der Waals surface area contributed by atoms with Gasteiger partial charge in [0.2, 0.25) is 5.95 Å². The zero-order valence-corrected chi connectivity index (χ0v) is 21.0. The topological polar surface area (TPSA) is 124 Å². The molecule has 3 aromatic rings. The van der Waals surface area contributed by atoms with Crippen molar-refractivity contribution < 1.29 is 17.9 Å². The zero-order chi connectivity index (χ0) is 24.8. The number of aromatic nitrogens is 5. The monoisotopic (exact) mass is 499 g/mol. The Morgan fingerprint density at radius 1 is 1.14 bits per heavy atom. The minimum atomic E-state index is -3.53. The summed E-state index contributed by atoms with van der Waals surface area (Å²) in [6.45, 7) is 7.24. The molecule has 0 radical (unpaired) electrons. The maximum atomic E-state index is 12.7. The molecule has 1 N–H and O–H groups in total. The molecule has 4 heterocycles. The molecule has 2 atom stereocenters. The molecule has 12 heteroatoms. The third-order valence-electron chi connectivity index (χ3n) is 6.49. The van der Waals surface area contributed by atoms with Crippen molar-refractivity contribution in [3.8, 4) is 5.75 Å². The summed E-state index contributed by atoms with van der Waals surface area (Å²) in [5, 5.41) is 11.9. The quantitative estimate of drug-likeness (QED) is 0.539. The molecule has 0 amide bonds. The number of ether oxygens (including phenoxy) is 2. The van der Waals surface area contributed by atoms with Crippen LogP contribution in [0.2, 0.25) is 0 Å². The van der Waals surface area contributed by atoms with Crippen molar-refractivity contribution in [1.82, 2.24) is 25.0 Å². The molecule has 0 unspecified atom stereocenters. The van der Waals surface area contributed by atoms with Crippen LogP contribution in [0.5, 0.6) is 5.75 Å². The smallest absolute Gasteiger partial charge is 0.230 e. The number of nitrogens with zero attached hydrogens (tertiary/aromatic N) is 6. The Morgan fingerprint density at radius 2 is 1.91 bits per heavy atom. The molecule has 0 aliphatic carbocycles. The van der Waals surface area contributed by atoms with Crippen molar-refractivity contribution in [1.29, 1.82) is 0 Å². The number of sulfone groups is 1. The molecule has 1 aromatic carbocycles. The number of hydrogen-bond acceptors (Lipinski definition) is 10. The standard InChI is InChI=1S/C23H29N7O4S/c1-15-12-33-13-17-14-34-19-20(23(2,3)35(4,31)32)26-22(27-21(19)30(15)17)25-18-10-24-29(28-18)11-16-8-6-5-7-9-16/h5-10,15,17H,11-14H2,1-4H3,(H,25,26,27,28)/t15-,17+/m1/s1. The van der Waals surface area contributed by atoms with E-state index in [0.717, 1.165) is 5.56 Å². The number of rotatable bonds is 6. The summed E-state index contributed by atoms with van der Waals surface area (Å²) in [6.07, 6.45) is 2.79. The summed E-state index contributed by atoms with van der Waals surface area (Å²) in [6, 6.07) is 9.91. The Hall–Kier alpha value is -3.25. The number of nitrogens with one attached hydrogen (secondary N) is 1. The molecule has 1 fully saturated rings. The highest BCUT2D eigenvalue weighted by Crippen LogP contribution is 2.44. The highest BCUT2D eigenvalue weighted by Gasteiger charge is 2.43. The van der Waals surface area contributed by atoms with Crippen LogP contribution >= 0.6 is 0 Å².